The lowest BCUT2D eigenvalue weighted by Gasteiger charge is -2.00. The Balaban J connectivity index is 2.34. The standard InChI is InChI=1S/C15H11NO4/c1-9(17)16-12-5-3-2-4-11(12)13(15(16)19)14(18)10-6-7-20-8-10/h2-8,19H,1H3. The van der Waals surface area contributed by atoms with Crippen molar-refractivity contribution in [3.8, 4) is 5.88 Å². The van der Waals surface area contributed by atoms with E-state index < -0.39 is 0 Å². The minimum atomic E-state index is -0.382. The summed E-state index contributed by atoms with van der Waals surface area (Å²) in [4.78, 5) is 24.1. The maximum atomic E-state index is 12.4. The fourth-order valence-electron chi connectivity index (χ4n) is 2.31. The molecule has 2 heterocycles. The first-order chi connectivity index (χ1) is 9.61. The van der Waals surface area contributed by atoms with E-state index in [4.69, 9.17) is 4.42 Å². The third kappa shape index (κ3) is 1.64. The summed E-state index contributed by atoms with van der Waals surface area (Å²) < 4.78 is 6.01. The lowest BCUT2D eigenvalue weighted by molar-refractivity contribution is 0.0933. The molecule has 3 aromatic rings. The fraction of sp³-hybridized carbons (Fsp3) is 0.0667. The normalized spacial score (nSPS) is 10.8. The number of ketones is 1. The molecule has 0 fully saturated rings. The van der Waals surface area contributed by atoms with E-state index in [1.807, 2.05) is 0 Å². The molecule has 0 aliphatic heterocycles. The number of hydrogen-bond donors (Lipinski definition) is 1. The van der Waals surface area contributed by atoms with Gasteiger partial charge in [0.2, 0.25) is 17.6 Å². The maximum absolute atomic E-state index is 12.4. The zero-order valence-corrected chi connectivity index (χ0v) is 10.7. The molecule has 100 valence electrons. The predicted molar refractivity (Wildman–Crippen MR) is 72.0 cm³/mol. The number of benzene rings is 1. The minimum absolute atomic E-state index is 0.109. The van der Waals surface area contributed by atoms with Crippen molar-refractivity contribution < 1.29 is 19.1 Å². The van der Waals surface area contributed by atoms with Crippen molar-refractivity contribution in [1.82, 2.24) is 4.57 Å². The molecule has 0 aliphatic rings. The molecule has 5 nitrogen and oxygen atoms in total. The van der Waals surface area contributed by atoms with Gasteiger partial charge in [-0.3, -0.25) is 14.2 Å². The van der Waals surface area contributed by atoms with Crippen LogP contribution in [0, 0.1) is 0 Å². The lowest BCUT2D eigenvalue weighted by atomic mass is 10.0. The lowest BCUT2D eigenvalue weighted by Crippen LogP contribution is -2.05. The second kappa shape index (κ2) is 4.38. The van der Waals surface area contributed by atoms with Crippen molar-refractivity contribution in [3.63, 3.8) is 0 Å². The summed E-state index contributed by atoms with van der Waals surface area (Å²) in [6.07, 6.45) is 2.69. The molecule has 0 radical (unpaired) electrons. The molecule has 0 atom stereocenters. The molecule has 0 bridgehead atoms. The summed E-state index contributed by atoms with van der Waals surface area (Å²) >= 11 is 0. The average molecular weight is 269 g/mol. The number of fused-ring (bicyclic) bond motifs is 1. The van der Waals surface area contributed by atoms with Crippen LogP contribution in [0.1, 0.15) is 27.6 Å². The number of hydrogen-bond acceptors (Lipinski definition) is 4. The molecule has 0 spiro atoms. The van der Waals surface area contributed by atoms with Gasteiger partial charge in [-0.1, -0.05) is 18.2 Å². The van der Waals surface area contributed by atoms with Gasteiger partial charge in [-0.05, 0) is 12.1 Å². The summed E-state index contributed by atoms with van der Waals surface area (Å²) in [5, 5.41) is 10.8. The van der Waals surface area contributed by atoms with Crippen molar-refractivity contribution in [1.29, 1.82) is 0 Å². The molecular formula is C15H11NO4. The van der Waals surface area contributed by atoms with Gasteiger partial charge in [-0.2, -0.15) is 0 Å². The Morgan fingerprint density at radius 3 is 2.60 bits per heavy atom. The minimum Gasteiger partial charge on any atom is -0.494 e. The molecule has 0 saturated carbocycles. The van der Waals surface area contributed by atoms with Gasteiger partial charge in [-0.15, -0.1) is 0 Å². The number of nitrogens with zero attached hydrogens (tertiary/aromatic N) is 1. The van der Waals surface area contributed by atoms with Crippen molar-refractivity contribution in [2.75, 3.05) is 0 Å². The Morgan fingerprint density at radius 1 is 1.20 bits per heavy atom. The van der Waals surface area contributed by atoms with E-state index in [0.717, 1.165) is 4.57 Å². The number of furan rings is 1. The maximum Gasteiger partial charge on any atom is 0.230 e. The summed E-state index contributed by atoms with van der Waals surface area (Å²) in [7, 11) is 0. The third-order valence-corrected chi connectivity index (χ3v) is 3.18. The smallest absolute Gasteiger partial charge is 0.230 e. The number of aromatic hydroxyl groups is 1. The van der Waals surface area contributed by atoms with Crippen molar-refractivity contribution in [3.05, 3.63) is 54.0 Å². The highest BCUT2D eigenvalue weighted by Gasteiger charge is 2.25. The monoisotopic (exact) mass is 269 g/mol. The number of carbonyl (C=O) groups is 2. The molecule has 5 heteroatoms. The molecule has 0 amide bonds. The summed E-state index contributed by atoms with van der Waals surface area (Å²) in [6.45, 7) is 1.33. The summed E-state index contributed by atoms with van der Waals surface area (Å²) in [5.41, 5.74) is 0.938. The Bertz CT molecular complexity index is 812. The van der Waals surface area contributed by atoms with Crippen LogP contribution in [-0.4, -0.2) is 21.4 Å². The first-order valence-electron chi connectivity index (χ1n) is 6.01. The van der Waals surface area contributed by atoms with E-state index in [-0.39, 0.29) is 23.1 Å². The molecular weight excluding hydrogens is 258 g/mol. The van der Waals surface area contributed by atoms with Crippen molar-refractivity contribution in [2.24, 2.45) is 0 Å². The molecule has 0 aliphatic carbocycles. The van der Waals surface area contributed by atoms with E-state index >= 15 is 0 Å². The van der Waals surface area contributed by atoms with Gasteiger partial charge in [0, 0.05) is 12.3 Å². The topological polar surface area (TPSA) is 72.4 Å². The van der Waals surface area contributed by atoms with E-state index in [1.165, 1.54) is 25.5 Å². The number of para-hydroxylation sites is 1. The van der Waals surface area contributed by atoms with E-state index in [1.54, 1.807) is 24.3 Å². The van der Waals surface area contributed by atoms with Crippen LogP contribution in [0.5, 0.6) is 5.88 Å². The highest BCUT2D eigenvalue weighted by atomic mass is 16.3. The van der Waals surface area contributed by atoms with Crippen LogP contribution in [0.3, 0.4) is 0 Å². The highest BCUT2D eigenvalue weighted by Crippen LogP contribution is 2.33. The number of aromatic nitrogens is 1. The van der Waals surface area contributed by atoms with Crippen LogP contribution < -0.4 is 0 Å². The molecule has 0 saturated heterocycles. The SMILES string of the molecule is CC(=O)n1c(O)c(C(=O)c2ccoc2)c2ccccc21. The molecule has 20 heavy (non-hydrogen) atoms. The third-order valence-electron chi connectivity index (χ3n) is 3.18. The molecule has 0 unspecified atom stereocenters. The van der Waals surface area contributed by atoms with Crippen LogP contribution in [-0.2, 0) is 0 Å². The Morgan fingerprint density at radius 2 is 1.95 bits per heavy atom. The first-order valence-corrected chi connectivity index (χ1v) is 6.01. The number of rotatable bonds is 2. The van der Waals surface area contributed by atoms with Gasteiger partial charge in [0.25, 0.3) is 0 Å². The Labute approximate surface area is 114 Å². The second-order valence-electron chi connectivity index (χ2n) is 4.41. The number of carbonyl (C=O) groups excluding carboxylic acids is 2. The van der Waals surface area contributed by atoms with Crippen LogP contribution >= 0.6 is 0 Å². The van der Waals surface area contributed by atoms with E-state index in [2.05, 4.69) is 0 Å². The zero-order valence-electron chi connectivity index (χ0n) is 10.7. The Kier molecular flexibility index (Phi) is 2.68. The predicted octanol–water partition coefficient (Wildman–Crippen LogP) is 2.83. The van der Waals surface area contributed by atoms with Crippen molar-refractivity contribution >= 4 is 22.6 Å². The van der Waals surface area contributed by atoms with Gasteiger partial charge in [0.15, 0.2) is 0 Å². The molecule has 1 N–H and O–H groups in total. The van der Waals surface area contributed by atoms with E-state index in [9.17, 15) is 14.7 Å². The van der Waals surface area contributed by atoms with Crippen LogP contribution in [0.4, 0.5) is 0 Å². The van der Waals surface area contributed by atoms with E-state index in [0.29, 0.717) is 16.5 Å². The molecule has 3 rings (SSSR count). The first kappa shape index (κ1) is 12.2. The summed E-state index contributed by atoms with van der Waals surface area (Å²) in [6, 6.07) is 8.39. The second-order valence-corrected chi connectivity index (χ2v) is 4.41. The highest BCUT2D eigenvalue weighted by molar-refractivity contribution is 6.19. The van der Waals surface area contributed by atoms with Gasteiger partial charge < -0.3 is 9.52 Å². The van der Waals surface area contributed by atoms with Gasteiger partial charge in [0.1, 0.15) is 6.26 Å². The molecule has 2 aromatic heterocycles. The quantitative estimate of drug-likeness (QED) is 0.726. The van der Waals surface area contributed by atoms with Gasteiger partial charge in [0.05, 0.1) is 22.9 Å². The van der Waals surface area contributed by atoms with Crippen LogP contribution in [0.25, 0.3) is 10.9 Å². The Hall–Kier alpha value is -2.82. The summed E-state index contributed by atoms with van der Waals surface area (Å²) in [5.74, 6) is -1.08. The average Bonchev–Trinajstić information content (AvgIpc) is 3.02. The van der Waals surface area contributed by atoms with Gasteiger partial charge in [-0.25, -0.2) is 0 Å². The van der Waals surface area contributed by atoms with Crippen LogP contribution in [0.15, 0.2) is 47.3 Å². The zero-order chi connectivity index (χ0) is 14.3. The van der Waals surface area contributed by atoms with Crippen molar-refractivity contribution in [2.45, 2.75) is 6.92 Å². The largest absolute Gasteiger partial charge is 0.494 e. The van der Waals surface area contributed by atoms with Gasteiger partial charge >= 0.3 is 0 Å². The molecule has 1 aromatic carbocycles. The fourth-order valence-corrected chi connectivity index (χ4v) is 2.31. The van der Waals surface area contributed by atoms with Crippen LogP contribution in [0.2, 0.25) is 0 Å².